The highest BCUT2D eigenvalue weighted by Gasteiger charge is 2.17. The van der Waals surface area contributed by atoms with Crippen LogP contribution in [0.25, 0.3) is 61.9 Å². The van der Waals surface area contributed by atoms with E-state index < -0.39 is 0 Å². The summed E-state index contributed by atoms with van der Waals surface area (Å²) in [6, 6.07) is 28.7. The highest BCUT2D eigenvalue weighted by Crippen LogP contribution is 2.46. The second kappa shape index (κ2) is 9.09. The van der Waals surface area contributed by atoms with Gasteiger partial charge in [-0.25, -0.2) is 0 Å². The molecule has 0 aliphatic carbocycles. The molecule has 0 radical (unpaired) electrons. The zero-order valence-electron chi connectivity index (χ0n) is 22.7. The zero-order valence-corrected chi connectivity index (χ0v) is 24.3. The Hall–Kier alpha value is -3.34. The number of nitrogens with zero attached hydrogens (tertiary/aromatic N) is 2. The molecular weight excluding hydrogens is 525 g/mol. The predicted octanol–water partition coefficient (Wildman–Crippen LogP) is 10.7. The van der Waals surface area contributed by atoms with Gasteiger partial charge in [0.2, 0.25) is 0 Å². The molecule has 2 aliphatic heterocycles. The van der Waals surface area contributed by atoms with E-state index in [9.17, 15) is 0 Å². The SMILES string of the molecule is c1cc2cc3c(cc2cc1N1CCCCC1)sc1ccc2sc4cc5cc(N6CCCCC6)ccc5cc4c2c13. The molecule has 0 amide bonds. The molecule has 0 unspecified atom stereocenters. The molecule has 0 N–H and O–H groups in total. The Morgan fingerprint density at radius 2 is 0.850 bits per heavy atom. The minimum Gasteiger partial charge on any atom is -0.372 e. The van der Waals surface area contributed by atoms with Crippen LogP contribution in [-0.2, 0) is 0 Å². The van der Waals surface area contributed by atoms with Gasteiger partial charge in [0.25, 0.3) is 0 Å². The van der Waals surface area contributed by atoms with Gasteiger partial charge >= 0.3 is 0 Å². The molecule has 0 bridgehead atoms. The van der Waals surface area contributed by atoms with Gasteiger partial charge in [0.05, 0.1) is 0 Å². The lowest BCUT2D eigenvalue weighted by Gasteiger charge is -2.29. The Labute approximate surface area is 242 Å². The van der Waals surface area contributed by atoms with E-state index in [1.807, 2.05) is 22.7 Å². The fraction of sp³-hybridized carbons (Fsp3) is 0.278. The van der Waals surface area contributed by atoms with E-state index in [1.165, 1.54) is 138 Å². The summed E-state index contributed by atoms with van der Waals surface area (Å²) in [5.74, 6) is 0. The van der Waals surface area contributed by atoms with E-state index in [0.29, 0.717) is 0 Å². The first-order valence-corrected chi connectivity index (χ1v) is 16.6. The van der Waals surface area contributed by atoms with Crippen molar-refractivity contribution in [1.82, 2.24) is 0 Å². The third-order valence-electron chi connectivity index (χ3n) is 9.39. The topological polar surface area (TPSA) is 6.48 Å². The van der Waals surface area contributed by atoms with Crippen molar-refractivity contribution in [3.05, 3.63) is 72.8 Å². The second-order valence-electron chi connectivity index (χ2n) is 11.9. The highest BCUT2D eigenvalue weighted by atomic mass is 32.1. The molecular formula is C36H32N2S2. The number of anilines is 2. The van der Waals surface area contributed by atoms with E-state index in [0.717, 1.165) is 0 Å². The molecule has 0 atom stereocenters. The summed E-state index contributed by atoms with van der Waals surface area (Å²) in [7, 11) is 0. The van der Waals surface area contributed by atoms with Crippen LogP contribution < -0.4 is 9.80 Å². The van der Waals surface area contributed by atoms with Crippen LogP contribution in [0.5, 0.6) is 0 Å². The fourth-order valence-corrected chi connectivity index (χ4v) is 9.58. The van der Waals surface area contributed by atoms with Crippen LogP contribution in [0.15, 0.2) is 72.8 Å². The minimum absolute atomic E-state index is 1.19. The van der Waals surface area contributed by atoms with E-state index in [1.54, 1.807) is 0 Å². The average molecular weight is 557 g/mol. The quantitative estimate of drug-likeness (QED) is 0.209. The Kier molecular flexibility index (Phi) is 5.31. The first-order chi connectivity index (χ1) is 19.8. The Morgan fingerprint density at radius 1 is 0.400 bits per heavy atom. The summed E-state index contributed by atoms with van der Waals surface area (Å²) >= 11 is 3.90. The maximum atomic E-state index is 2.57. The number of fused-ring (bicyclic) bond motifs is 9. The van der Waals surface area contributed by atoms with Gasteiger partial charge in [0, 0.05) is 77.9 Å². The Morgan fingerprint density at radius 3 is 1.30 bits per heavy atom. The first kappa shape index (κ1) is 23.4. The summed E-state index contributed by atoms with van der Waals surface area (Å²) in [6.45, 7) is 4.75. The molecule has 2 aromatic heterocycles. The van der Waals surface area contributed by atoms with Gasteiger partial charge in [0.1, 0.15) is 0 Å². The average Bonchev–Trinajstić information content (AvgIpc) is 3.55. The van der Waals surface area contributed by atoms with Crippen molar-refractivity contribution in [2.75, 3.05) is 36.0 Å². The van der Waals surface area contributed by atoms with Crippen LogP contribution in [0.3, 0.4) is 0 Å². The van der Waals surface area contributed by atoms with Gasteiger partial charge in [0.15, 0.2) is 0 Å². The number of benzene rings is 5. The van der Waals surface area contributed by atoms with Crippen molar-refractivity contribution in [3.63, 3.8) is 0 Å². The lowest BCUT2D eigenvalue weighted by atomic mass is 10.00. The summed E-state index contributed by atoms with van der Waals surface area (Å²) in [5, 5.41) is 11.1. The van der Waals surface area contributed by atoms with Crippen LogP contribution in [0.2, 0.25) is 0 Å². The van der Waals surface area contributed by atoms with Crippen molar-refractivity contribution in [2.24, 2.45) is 0 Å². The molecule has 5 aromatic carbocycles. The maximum Gasteiger partial charge on any atom is 0.0372 e. The summed E-state index contributed by atoms with van der Waals surface area (Å²) in [5.41, 5.74) is 2.77. The molecule has 4 heteroatoms. The maximum absolute atomic E-state index is 2.57. The first-order valence-electron chi connectivity index (χ1n) is 15.0. The summed E-state index contributed by atoms with van der Waals surface area (Å²) in [4.78, 5) is 5.14. The monoisotopic (exact) mass is 556 g/mol. The predicted molar refractivity (Wildman–Crippen MR) is 179 cm³/mol. The van der Waals surface area contributed by atoms with Crippen LogP contribution in [-0.4, -0.2) is 26.2 Å². The highest BCUT2D eigenvalue weighted by molar-refractivity contribution is 7.28. The van der Waals surface area contributed by atoms with E-state index in [4.69, 9.17) is 0 Å². The number of hydrogen-bond donors (Lipinski definition) is 0. The van der Waals surface area contributed by atoms with Crippen LogP contribution in [0, 0.1) is 0 Å². The molecule has 0 saturated carbocycles. The van der Waals surface area contributed by atoms with E-state index in [2.05, 4.69) is 82.6 Å². The third-order valence-corrected chi connectivity index (χ3v) is 11.6. The minimum atomic E-state index is 1.19. The van der Waals surface area contributed by atoms with Gasteiger partial charge in [-0.3, -0.25) is 0 Å². The number of hydrogen-bond acceptors (Lipinski definition) is 4. The summed E-state index contributed by atoms with van der Waals surface area (Å²) < 4.78 is 5.60. The molecule has 7 aromatic rings. The molecule has 40 heavy (non-hydrogen) atoms. The molecule has 2 aliphatic rings. The lowest BCUT2D eigenvalue weighted by Crippen LogP contribution is -2.29. The van der Waals surface area contributed by atoms with Crippen molar-refractivity contribution in [1.29, 1.82) is 0 Å². The number of thiophene rings is 2. The van der Waals surface area contributed by atoms with Gasteiger partial charge in [-0.1, -0.05) is 12.1 Å². The molecule has 9 rings (SSSR count). The van der Waals surface area contributed by atoms with Crippen molar-refractivity contribution >= 4 is 95.9 Å². The summed E-state index contributed by atoms with van der Waals surface area (Å²) in [6.07, 6.45) is 7.99. The normalized spacial score (nSPS) is 16.9. The van der Waals surface area contributed by atoms with Crippen molar-refractivity contribution in [2.45, 2.75) is 38.5 Å². The molecule has 2 saturated heterocycles. The molecule has 2 fully saturated rings. The number of piperidine rings is 2. The lowest BCUT2D eigenvalue weighted by molar-refractivity contribution is 0.578. The van der Waals surface area contributed by atoms with Crippen LogP contribution in [0.4, 0.5) is 11.4 Å². The molecule has 198 valence electrons. The Balaban J connectivity index is 1.22. The fourth-order valence-electron chi connectivity index (χ4n) is 7.29. The molecule has 2 nitrogen and oxygen atoms in total. The number of rotatable bonds is 2. The van der Waals surface area contributed by atoms with Crippen molar-refractivity contribution < 1.29 is 0 Å². The van der Waals surface area contributed by atoms with Crippen LogP contribution >= 0.6 is 22.7 Å². The Bertz CT molecular complexity index is 1940. The van der Waals surface area contributed by atoms with Gasteiger partial charge in [-0.05, 0) is 121 Å². The van der Waals surface area contributed by atoms with Gasteiger partial charge in [-0.15, -0.1) is 22.7 Å². The van der Waals surface area contributed by atoms with E-state index in [-0.39, 0.29) is 0 Å². The smallest absolute Gasteiger partial charge is 0.0372 e. The van der Waals surface area contributed by atoms with Crippen LogP contribution in [0.1, 0.15) is 38.5 Å². The van der Waals surface area contributed by atoms with Gasteiger partial charge < -0.3 is 9.80 Å². The zero-order chi connectivity index (χ0) is 26.2. The second-order valence-corrected chi connectivity index (χ2v) is 14.0. The molecule has 4 heterocycles. The molecule has 0 spiro atoms. The van der Waals surface area contributed by atoms with Gasteiger partial charge in [-0.2, -0.15) is 0 Å². The largest absolute Gasteiger partial charge is 0.372 e. The third kappa shape index (κ3) is 3.65. The standard InChI is InChI=1S/C36H32N2S2/c1-3-13-37(14-4-1)27-9-7-23-19-29-33(21-25(23)17-27)39-31-11-12-32-36(35(29)31)30-20-24-8-10-28(38-15-5-2-6-16-38)18-26(24)22-34(30)40-32/h7-12,17-22H,1-6,13-16H2. The van der Waals surface area contributed by atoms with E-state index >= 15 is 0 Å². The van der Waals surface area contributed by atoms with Crippen molar-refractivity contribution in [3.8, 4) is 0 Å².